The van der Waals surface area contributed by atoms with Gasteiger partial charge in [0.05, 0.1) is 5.75 Å². The molecule has 0 bridgehead atoms. The van der Waals surface area contributed by atoms with Gasteiger partial charge < -0.3 is 10.6 Å². The monoisotopic (exact) mass is 516 g/mol. The van der Waals surface area contributed by atoms with E-state index in [4.69, 9.17) is 0 Å². The Morgan fingerprint density at radius 2 is 1.46 bits per heavy atom. The molecule has 0 fully saturated rings. The molecule has 12 heteroatoms. The zero-order valence-electron chi connectivity index (χ0n) is 17.7. The van der Waals surface area contributed by atoms with Crippen molar-refractivity contribution in [1.82, 2.24) is 0 Å². The summed E-state index contributed by atoms with van der Waals surface area (Å²) in [6.07, 6.45) is -5.69. The maximum absolute atomic E-state index is 13.9. The summed E-state index contributed by atoms with van der Waals surface area (Å²) in [5.74, 6) is -12.1. The third-order valence-electron chi connectivity index (χ3n) is 4.59. The Bertz CT molecular complexity index is 1250. The smallest absolute Gasteiger partial charge is 0.322 e. The third-order valence-corrected chi connectivity index (χ3v) is 5.58. The summed E-state index contributed by atoms with van der Waals surface area (Å²) in [5, 5.41) is 4.22. The molecule has 0 saturated heterocycles. The highest BCUT2D eigenvalue weighted by atomic mass is 32.2. The molecule has 0 heterocycles. The van der Waals surface area contributed by atoms with Gasteiger partial charge in [-0.2, -0.15) is 13.2 Å². The van der Waals surface area contributed by atoms with Gasteiger partial charge >= 0.3 is 6.18 Å². The van der Waals surface area contributed by atoms with Crippen molar-refractivity contribution < 1.29 is 40.3 Å². The molecule has 3 aromatic carbocycles. The van der Waals surface area contributed by atoms with Crippen LogP contribution >= 0.6 is 11.8 Å². The van der Waals surface area contributed by atoms with E-state index in [1.807, 2.05) is 6.92 Å². The van der Waals surface area contributed by atoms with Crippen molar-refractivity contribution in [3.8, 4) is 0 Å². The van der Waals surface area contributed by atoms with Crippen molar-refractivity contribution in [3.63, 3.8) is 0 Å². The Kier molecular flexibility index (Phi) is 7.73. The van der Waals surface area contributed by atoms with Gasteiger partial charge in [0.1, 0.15) is 11.3 Å². The van der Waals surface area contributed by atoms with E-state index in [0.717, 1.165) is 17.3 Å². The van der Waals surface area contributed by atoms with Gasteiger partial charge in [-0.25, -0.2) is 17.6 Å². The second-order valence-corrected chi connectivity index (χ2v) is 8.24. The van der Waals surface area contributed by atoms with Crippen LogP contribution in [0, 0.1) is 30.2 Å². The number of benzene rings is 3. The average molecular weight is 516 g/mol. The number of aryl methyl sites for hydroxylation is 1. The van der Waals surface area contributed by atoms with Gasteiger partial charge in [-0.05, 0) is 37.3 Å². The minimum atomic E-state index is -5.69. The SMILES string of the molecule is Cc1ccc(C(=O)Nc2cccc(SCC(=O)Nc3c(F)c(F)c(C(F)(F)F)c(F)c3F)c2)cc1. The first kappa shape index (κ1) is 26.1. The van der Waals surface area contributed by atoms with E-state index in [1.165, 1.54) is 6.07 Å². The molecule has 0 radical (unpaired) electrons. The molecule has 3 aromatic rings. The topological polar surface area (TPSA) is 58.2 Å². The van der Waals surface area contributed by atoms with E-state index in [1.54, 1.807) is 47.8 Å². The highest BCUT2D eigenvalue weighted by molar-refractivity contribution is 8.00. The summed E-state index contributed by atoms with van der Waals surface area (Å²) < 4.78 is 93.3. The Labute approximate surface area is 198 Å². The molecule has 3 rings (SSSR count). The van der Waals surface area contributed by atoms with Gasteiger partial charge in [0.15, 0.2) is 23.3 Å². The van der Waals surface area contributed by atoms with Crippen molar-refractivity contribution in [2.75, 3.05) is 16.4 Å². The number of hydrogen-bond donors (Lipinski definition) is 2. The average Bonchev–Trinajstić information content (AvgIpc) is 2.79. The molecule has 0 spiro atoms. The molecule has 0 saturated carbocycles. The predicted octanol–water partition coefficient (Wildman–Crippen LogP) is 6.55. The zero-order chi connectivity index (χ0) is 25.9. The summed E-state index contributed by atoms with van der Waals surface area (Å²) >= 11 is 0.839. The van der Waals surface area contributed by atoms with E-state index < -0.39 is 52.4 Å². The molecule has 0 aromatic heterocycles. The Morgan fingerprint density at radius 3 is 2.03 bits per heavy atom. The lowest BCUT2D eigenvalue weighted by atomic mass is 10.1. The molecule has 35 heavy (non-hydrogen) atoms. The highest BCUT2D eigenvalue weighted by Gasteiger charge is 2.42. The highest BCUT2D eigenvalue weighted by Crippen LogP contribution is 2.38. The molecule has 0 unspecified atom stereocenters. The maximum atomic E-state index is 13.9. The second-order valence-electron chi connectivity index (χ2n) is 7.19. The van der Waals surface area contributed by atoms with Crippen molar-refractivity contribution in [2.45, 2.75) is 18.0 Å². The van der Waals surface area contributed by atoms with E-state index in [0.29, 0.717) is 16.1 Å². The molecule has 184 valence electrons. The number of alkyl halides is 3. The number of anilines is 2. The molecule has 0 atom stereocenters. The van der Waals surface area contributed by atoms with Crippen LogP contribution in [0.1, 0.15) is 21.5 Å². The molecular weight excluding hydrogens is 501 g/mol. The normalized spacial score (nSPS) is 11.3. The minimum absolute atomic E-state index is 0.380. The number of amides is 2. The fourth-order valence-corrected chi connectivity index (χ4v) is 3.64. The molecule has 0 aliphatic rings. The second kappa shape index (κ2) is 10.4. The molecular formula is C23H15F7N2O2S. The summed E-state index contributed by atoms with van der Waals surface area (Å²) in [5.41, 5.74) is -2.64. The molecule has 0 aliphatic heterocycles. The lowest BCUT2D eigenvalue weighted by Crippen LogP contribution is -2.21. The van der Waals surface area contributed by atoms with Crippen molar-refractivity contribution in [2.24, 2.45) is 0 Å². The van der Waals surface area contributed by atoms with E-state index in [9.17, 15) is 40.3 Å². The van der Waals surface area contributed by atoms with Gasteiger partial charge in [0.25, 0.3) is 5.91 Å². The fourth-order valence-electron chi connectivity index (χ4n) is 2.89. The molecule has 2 N–H and O–H groups in total. The lowest BCUT2D eigenvalue weighted by Gasteiger charge is -2.14. The number of nitrogens with one attached hydrogen (secondary N) is 2. The van der Waals surface area contributed by atoms with Crippen LogP contribution in [-0.2, 0) is 11.0 Å². The van der Waals surface area contributed by atoms with Gasteiger partial charge in [-0.3, -0.25) is 9.59 Å². The number of halogens is 7. The Balaban J connectivity index is 1.68. The van der Waals surface area contributed by atoms with Crippen molar-refractivity contribution in [1.29, 1.82) is 0 Å². The minimum Gasteiger partial charge on any atom is -0.322 e. The van der Waals surface area contributed by atoms with Gasteiger partial charge in [0, 0.05) is 16.1 Å². The molecule has 0 aliphatic carbocycles. The summed E-state index contributed by atoms with van der Waals surface area (Å²) in [4.78, 5) is 24.8. The first-order chi connectivity index (χ1) is 16.4. The van der Waals surface area contributed by atoms with Gasteiger partial charge in [0.2, 0.25) is 5.91 Å². The predicted molar refractivity (Wildman–Crippen MR) is 116 cm³/mol. The van der Waals surface area contributed by atoms with E-state index in [2.05, 4.69) is 5.32 Å². The standard InChI is InChI=1S/C23H15F7N2O2S/c1-11-5-7-12(8-6-11)22(34)31-13-3-2-4-14(9-13)35-10-15(33)32-21-19(26)17(24)16(23(28,29)30)18(25)20(21)27/h2-9H,10H2,1H3,(H,31,34)(H,32,33). The van der Waals surface area contributed by atoms with Crippen LogP contribution in [0.2, 0.25) is 0 Å². The summed E-state index contributed by atoms with van der Waals surface area (Å²) in [6.45, 7) is 1.87. The van der Waals surface area contributed by atoms with Crippen LogP contribution in [-0.4, -0.2) is 17.6 Å². The van der Waals surface area contributed by atoms with Crippen molar-refractivity contribution >= 4 is 35.0 Å². The van der Waals surface area contributed by atoms with Crippen LogP contribution in [0.15, 0.2) is 53.4 Å². The van der Waals surface area contributed by atoms with Crippen LogP contribution in [0.25, 0.3) is 0 Å². The lowest BCUT2D eigenvalue weighted by molar-refractivity contribution is -0.143. The number of thioether (sulfide) groups is 1. The van der Waals surface area contributed by atoms with Gasteiger partial charge in [-0.1, -0.05) is 23.8 Å². The Hall–Kier alpha value is -3.54. The first-order valence-electron chi connectivity index (χ1n) is 9.72. The number of hydrogen-bond acceptors (Lipinski definition) is 3. The van der Waals surface area contributed by atoms with Crippen LogP contribution in [0.3, 0.4) is 0 Å². The maximum Gasteiger partial charge on any atom is 0.422 e. The Morgan fingerprint density at radius 1 is 0.857 bits per heavy atom. The van der Waals surface area contributed by atoms with Crippen LogP contribution in [0.5, 0.6) is 0 Å². The zero-order valence-corrected chi connectivity index (χ0v) is 18.5. The van der Waals surface area contributed by atoms with Crippen molar-refractivity contribution in [3.05, 3.63) is 88.5 Å². The quantitative estimate of drug-likeness (QED) is 0.222. The third kappa shape index (κ3) is 6.13. The summed E-state index contributed by atoms with van der Waals surface area (Å²) in [6, 6.07) is 13.0. The summed E-state index contributed by atoms with van der Waals surface area (Å²) in [7, 11) is 0. The van der Waals surface area contributed by atoms with E-state index >= 15 is 0 Å². The van der Waals surface area contributed by atoms with Crippen LogP contribution in [0.4, 0.5) is 42.1 Å². The molecule has 4 nitrogen and oxygen atoms in total. The fraction of sp³-hybridized carbons (Fsp3) is 0.130. The largest absolute Gasteiger partial charge is 0.422 e. The number of carbonyl (C=O) groups is 2. The number of rotatable bonds is 6. The number of carbonyl (C=O) groups excluding carboxylic acids is 2. The van der Waals surface area contributed by atoms with E-state index in [-0.39, 0.29) is 5.91 Å². The van der Waals surface area contributed by atoms with Gasteiger partial charge in [-0.15, -0.1) is 11.8 Å². The van der Waals surface area contributed by atoms with Crippen LogP contribution < -0.4 is 10.6 Å². The molecule has 2 amide bonds. The first-order valence-corrected chi connectivity index (χ1v) is 10.7.